The van der Waals surface area contributed by atoms with Gasteiger partial charge in [-0.2, -0.15) is 0 Å². The van der Waals surface area contributed by atoms with Gasteiger partial charge in [0.15, 0.2) is 11.2 Å². The number of hydrogen-bond donors (Lipinski definition) is 1. The van der Waals surface area contributed by atoms with Gasteiger partial charge in [0.2, 0.25) is 5.91 Å². The fraction of sp³-hybridized carbons (Fsp3) is 0.350. The number of amides is 1. The van der Waals surface area contributed by atoms with Crippen molar-refractivity contribution in [3.05, 3.63) is 68.1 Å². The first-order valence-corrected chi connectivity index (χ1v) is 9.98. The molecule has 30 heavy (non-hydrogen) atoms. The molecule has 0 saturated carbocycles. The van der Waals surface area contributed by atoms with Crippen LogP contribution in [0.1, 0.15) is 18.4 Å². The molecule has 9 nitrogen and oxygen atoms in total. The van der Waals surface area contributed by atoms with Crippen molar-refractivity contribution in [2.45, 2.75) is 32.0 Å². The molecule has 0 bridgehead atoms. The highest BCUT2D eigenvalue weighted by molar-refractivity contribution is 6.31. The number of ether oxygens (including phenoxy) is 1. The Labute approximate surface area is 176 Å². The Balaban J connectivity index is 1.69. The number of benzene rings is 1. The van der Waals surface area contributed by atoms with E-state index in [-0.39, 0.29) is 36.3 Å². The zero-order valence-corrected chi connectivity index (χ0v) is 16.8. The number of carbonyl (C=O) groups is 1. The second kappa shape index (κ2) is 8.76. The Morgan fingerprint density at radius 1 is 1.20 bits per heavy atom. The summed E-state index contributed by atoms with van der Waals surface area (Å²) in [4.78, 5) is 46.7. The molecule has 1 amide bonds. The van der Waals surface area contributed by atoms with Crippen LogP contribution in [0.15, 0.2) is 46.2 Å². The fourth-order valence-electron chi connectivity index (χ4n) is 3.44. The summed E-state index contributed by atoms with van der Waals surface area (Å²) >= 11 is 6.20. The average molecular weight is 430 g/mol. The van der Waals surface area contributed by atoms with Crippen LogP contribution in [-0.2, 0) is 22.6 Å². The predicted molar refractivity (Wildman–Crippen MR) is 111 cm³/mol. The maximum absolute atomic E-state index is 13.1. The number of halogens is 1. The van der Waals surface area contributed by atoms with Crippen molar-refractivity contribution in [2.75, 3.05) is 13.2 Å². The van der Waals surface area contributed by atoms with Crippen molar-refractivity contribution in [1.82, 2.24) is 24.4 Å². The van der Waals surface area contributed by atoms with Gasteiger partial charge in [-0.15, -0.1) is 0 Å². The lowest BCUT2D eigenvalue weighted by atomic mass is 10.2. The lowest BCUT2D eigenvalue weighted by Crippen LogP contribution is -2.44. The van der Waals surface area contributed by atoms with Gasteiger partial charge in [0.1, 0.15) is 6.54 Å². The zero-order chi connectivity index (χ0) is 21.1. The minimum atomic E-state index is -0.653. The van der Waals surface area contributed by atoms with Gasteiger partial charge in [-0.1, -0.05) is 29.8 Å². The van der Waals surface area contributed by atoms with Crippen LogP contribution in [0.2, 0.25) is 5.02 Å². The van der Waals surface area contributed by atoms with Crippen LogP contribution < -0.4 is 16.6 Å². The highest BCUT2D eigenvalue weighted by Crippen LogP contribution is 2.15. The lowest BCUT2D eigenvalue weighted by molar-refractivity contribution is -0.122. The molecule has 1 fully saturated rings. The first-order chi connectivity index (χ1) is 14.5. The highest BCUT2D eigenvalue weighted by Gasteiger charge is 2.20. The van der Waals surface area contributed by atoms with Gasteiger partial charge < -0.3 is 10.1 Å². The number of nitrogens with zero attached hydrogens (tertiary/aromatic N) is 4. The minimum absolute atomic E-state index is 0.0103. The summed E-state index contributed by atoms with van der Waals surface area (Å²) in [5, 5.41) is 3.21. The van der Waals surface area contributed by atoms with Crippen molar-refractivity contribution in [3.8, 4) is 0 Å². The van der Waals surface area contributed by atoms with Crippen molar-refractivity contribution in [1.29, 1.82) is 0 Å². The lowest BCUT2D eigenvalue weighted by Gasteiger charge is -2.14. The molecule has 0 unspecified atom stereocenters. The summed E-state index contributed by atoms with van der Waals surface area (Å²) in [6.07, 6.45) is 4.58. The Morgan fingerprint density at radius 2 is 2.00 bits per heavy atom. The third-order valence-electron chi connectivity index (χ3n) is 4.98. The molecule has 1 N–H and O–H groups in total. The van der Waals surface area contributed by atoms with Crippen LogP contribution >= 0.6 is 11.6 Å². The van der Waals surface area contributed by atoms with Crippen molar-refractivity contribution in [2.24, 2.45) is 0 Å². The summed E-state index contributed by atoms with van der Waals surface area (Å²) < 4.78 is 7.67. The summed E-state index contributed by atoms with van der Waals surface area (Å²) in [6.45, 7) is 0.731. The molecule has 4 rings (SSSR count). The van der Waals surface area contributed by atoms with E-state index in [0.29, 0.717) is 23.7 Å². The maximum Gasteiger partial charge on any atom is 0.333 e. The van der Waals surface area contributed by atoms with Crippen molar-refractivity contribution < 1.29 is 9.53 Å². The second-order valence-electron chi connectivity index (χ2n) is 7.02. The molecule has 1 atom stereocenters. The molecule has 0 spiro atoms. The molecule has 156 valence electrons. The zero-order valence-electron chi connectivity index (χ0n) is 16.1. The number of carbonyl (C=O) groups excluding carboxylic acids is 1. The normalized spacial score (nSPS) is 16.1. The van der Waals surface area contributed by atoms with Crippen molar-refractivity contribution >= 4 is 28.7 Å². The topological polar surface area (TPSA) is 108 Å². The highest BCUT2D eigenvalue weighted by atomic mass is 35.5. The number of rotatable bonds is 6. The van der Waals surface area contributed by atoms with Crippen LogP contribution in [0.25, 0.3) is 11.2 Å². The quantitative estimate of drug-likeness (QED) is 0.625. The number of nitrogens with one attached hydrogen (secondary N) is 1. The molecule has 1 aliphatic heterocycles. The Morgan fingerprint density at radius 3 is 2.77 bits per heavy atom. The molecule has 3 heterocycles. The monoisotopic (exact) mass is 429 g/mol. The molecular formula is C20H20ClN5O4. The Bertz CT molecular complexity index is 1200. The first-order valence-electron chi connectivity index (χ1n) is 9.60. The molecule has 1 aliphatic rings. The molecule has 1 saturated heterocycles. The van der Waals surface area contributed by atoms with E-state index in [2.05, 4.69) is 15.3 Å². The van der Waals surface area contributed by atoms with Gasteiger partial charge in [-0.25, -0.2) is 14.8 Å². The van der Waals surface area contributed by atoms with Gasteiger partial charge in [-0.05, 0) is 24.5 Å². The van der Waals surface area contributed by atoms with Gasteiger partial charge in [0.25, 0.3) is 5.56 Å². The molecule has 0 aliphatic carbocycles. The van der Waals surface area contributed by atoms with E-state index in [4.69, 9.17) is 16.3 Å². The van der Waals surface area contributed by atoms with E-state index < -0.39 is 11.2 Å². The Kier molecular flexibility index (Phi) is 5.91. The maximum atomic E-state index is 13.1. The summed E-state index contributed by atoms with van der Waals surface area (Å²) in [5.74, 6) is -0.373. The third kappa shape index (κ3) is 4.12. The van der Waals surface area contributed by atoms with Crippen LogP contribution in [0.3, 0.4) is 0 Å². The first kappa shape index (κ1) is 20.2. The van der Waals surface area contributed by atoms with E-state index in [1.807, 2.05) is 0 Å². The second-order valence-corrected chi connectivity index (χ2v) is 7.43. The van der Waals surface area contributed by atoms with Crippen LogP contribution in [-0.4, -0.2) is 44.3 Å². The smallest absolute Gasteiger partial charge is 0.333 e. The van der Waals surface area contributed by atoms with Gasteiger partial charge in [-0.3, -0.25) is 18.7 Å². The van der Waals surface area contributed by atoms with E-state index >= 15 is 0 Å². The largest absolute Gasteiger partial charge is 0.376 e. The SMILES string of the molecule is O=C(Cn1c(=O)n(Cc2ccccc2Cl)c(=O)c2nccnc21)NC[C@H]1CCCO1. The summed E-state index contributed by atoms with van der Waals surface area (Å²) in [5.41, 5.74) is -0.554. The van der Waals surface area contributed by atoms with Crippen LogP contribution in [0, 0.1) is 0 Å². The molecule has 2 aromatic heterocycles. The summed E-state index contributed by atoms with van der Waals surface area (Å²) in [7, 11) is 0. The van der Waals surface area contributed by atoms with Crippen LogP contribution in [0.5, 0.6) is 0 Å². The fourth-order valence-corrected chi connectivity index (χ4v) is 3.64. The van der Waals surface area contributed by atoms with E-state index in [1.54, 1.807) is 24.3 Å². The third-order valence-corrected chi connectivity index (χ3v) is 5.35. The minimum Gasteiger partial charge on any atom is -0.376 e. The molecule has 10 heteroatoms. The van der Waals surface area contributed by atoms with Gasteiger partial charge in [0, 0.05) is 30.6 Å². The number of fused-ring (bicyclic) bond motifs is 1. The average Bonchev–Trinajstić information content (AvgIpc) is 3.28. The summed E-state index contributed by atoms with van der Waals surface area (Å²) in [6, 6.07) is 6.94. The van der Waals surface area contributed by atoms with E-state index in [0.717, 1.165) is 22.0 Å². The number of aromatic nitrogens is 4. The van der Waals surface area contributed by atoms with Crippen LogP contribution in [0.4, 0.5) is 0 Å². The number of hydrogen-bond acceptors (Lipinski definition) is 6. The van der Waals surface area contributed by atoms with E-state index in [9.17, 15) is 14.4 Å². The molecule has 0 radical (unpaired) electrons. The molecular weight excluding hydrogens is 410 g/mol. The van der Waals surface area contributed by atoms with Gasteiger partial charge in [0.05, 0.1) is 12.6 Å². The molecule has 1 aromatic carbocycles. The molecule has 3 aromatic rings. The Hall–Kier alpha value is -3.04. The standard InChI is InChI=1S/C20H20ClN5O4/c21-15-6-2-1-4-13(15)11-26-19(28)17-18(23-8-7-22-17)25(20(26)29)12-16(27)24-10-14-5-3-9-30-14/h1-2,4,6-8,14H,3,5,9-12H2,(H,24,27)/t14-/m1/s1. The predicted octanol–water partition coefficient (Wildman–Crippen LogP) is 0.950. The van der Waals surface area contributed by atoms with Crippen molar-refractivity contribution in [3.63, 3.8) is 0 Å². The van der Waals surface area contributed by atoms with Gasteiger partial charge >= 0.3 is 5.69 Å². The van der Waals surface area contributed by atoms with E-state index in [1.165, 1.54) is 12.4 Å².